The smallest absolute Gasteiger partial charge is 0.0593 e. The molecule has 1 heterocycles. The fraction of sp³-hybridized carbons (Fsp3) is 0.818. The maximum atomic E-state index is 5.59. The van der Waals surface area contributed by atoms with Gasteiger partial charge >= 0.3 is 0 Å². The summed E-state index contributed by atoms with van der Waals surface area (Å²) in [4.78, 5) is 2.46. The molecule has 0 bridgehead atoms. The number of terminal acetylenes is 1. The molecule has 1 aliphatic carbocycles. The molecule has 0 aromatic rings. The van der Waals surface area contributed by atoms with Crippen molar-refractivity contribution < 1.29 is 4.74 Å². The number of ether oxygens (including phenoxy) is 1. The number of nitrogens with zero attached hydrogens (tertiary/aromatic N) is 1. The fourth-order valence-corrected chi connectivity index (χ4v) is 1.97. The molecule has 13 heavy (non-hydrogen) atoms. The van der Waals surface area contributed by atoms with Gasteiger partial charge in [-0.15, -0.1) is 12.3 Å². The van der Waals surface area contributed by atoms with Gasteiger partial charge in [0.2, 0.25) is 0 Å². The van der Waals surface area contributed by atoms with E-state index in [1.54, 1.807) is 0 Å². The van der Waals surface area contributed by atoms with Crippen LogP contribution in [0.25, 0.3) is 0 Å². The first-order chi connectivity index (χ1) is 6.35. The van der Waals surface area contributed by atoms with Crippen LogP contribution < -0.4 is 0 Å². The van der Waals surface area contributed by atoms with Gasteiger partial charge in [0.05, 0.1) is 13.2 Å². The molecule has 0 amide bonds. The van der Waals surface area contributed by atoms with Crippen molar-refractivity contribution in [2.75, 3.05) is 32.8 Å². The molecule has 0 N–H and O–H groups in total. The van der Waals surface area contributed by atoms with Gasteiger partial charge < -0.3 is 4.74 Å². The van der Waals surface area contributed by atoms with Crippen LogP contribution in [0.15, 0.2) is 0 Å². The molecule has 1 saturated carbocycles. The van der Waals surface area contributed by atoms with Crippen molar-refractivity contribution in [2.45, 2.75) is 19.3 Å². The summed E-state index contributed by atoms with van der Waals surface area (Å²) in [5.41, 5.74) is 0.519. The standard InChI is InChI=1S/C11H17NO/c1-2-3-6-12-7-8-13-10-11(9-12)4-5-11/h1H,3-10H2. The van der Waals surface area contributed by atoms with E-state index in [1.165, 1.54) is 19.4 Å². The van der Waals surface area contributed by atoms with Crippen molar-refractivity contribution in [1.82, 2.24) is 4.90 Å². The summed E-state index contributed by atoms with van der Waals surface area (Å²) in [5, 5.41) is 0. The zero-order valence-electron chi connectivity index (χ0n) is 8.09. The van der Waals surface area contributed by atoms with Gasteiger partial charge in [0, 0.05) is 31.5 Å². The van der Waals surface area contributed by atoms with Crippen molar-refractivity contribution >= 4 is 0 Å². The molecule has 0 atom stereocenters. The summed E-state index contributed by atoms with van der Waals surface area (Å²) in [7, 11) is 0. The minimum absolute atomic E-state index is 0.519. The molecular weight excluding hydrogens is 162 g/mol. The zero-order chi connectivity index (χ0) is 9.15. The third kappa shape index (κ3) is 2.24. The van der Waals surface area contributed by atoms with Gasteiger partial charge in [-0.05, 0) is 12.8 Å². The third-order valence-corrected chi connectivity index (χ3v) is 3.05. The van der Waals surface area contributed by atoms with Gasteiger partial charge in [-0.3, -0.25) is 4.90 Å². The summed E-state index contributed by atoms with van der Waals surface area (Å²) in [6.07, 6.45) is 8.82. The average Bonchev–Trinajstić information content (AvgIpc) is 2.92. The lowest BCUT2D eigenvalue weighted by molar-refractivity contribution is 0.115. The molecule has 2 aliphatic rings. The van der Waals surface area contributed by atoms with Gasteiger partial charge in [0.25, 0.3) is 0 Å². The Morgan fingerprint density at radius 2 is 2.31 bits per heavy atom. The van der Waals surface area contributed by atoms with Crippen LogP contribution in [0.2, 0.25) is 0 Å². The van der Waals surface area contributed by atoms with E-state index in [-0.39, 0.29) is 0 Å². The molecule has 2 rings (SSSR count). The van der Waals surface area contributed by atoms with E-state index in [1.807, 2.05) is 0 Å². The number of rotatable bonds is 2. The molecule has 72 valence electrons. The van der Waals surface area contributed by atoms with Crippen LogP contribution in [-0.4, -0.2) is 37.7 Å². The van der Waals surface area contributed by atoms with Crippen LogP contribution in [0, 0.1) is 17.8 Å². The van der Waals surface area contributed by atoms with Crippen LogP contribution in [0.5, 0.6) is 0 Å². The highest BCUT2D eigenvalue weighted by Crippen LogP contribution is 2.47. The molecule has 0 aromatic carbocycles. The Bertz CT molecular complexity index is 215. The topological polar surface area (TPSA) is 12.5 Å². The van der Waals surface area contributed by atoms with Gasteiger partial charge in [-0.25, -0.2) is 0 Å². The third-order valence-electron chi connectivity index (χ3n) is 3.05. The van der Waals surface area contributed by atoms with E-state index < -0.39 is 0 Å². The van der Waals surface area contributed by atoms with Gasteiger partial charge in [0.15, 0.2) is 0 Å². The second kappa shape index (κ2) is 3.69. The Hall–Kier alpha value is -0.520. The molecule has 2 nitrogen and oxygen atoms in total. The van der Waals surface area contributed by atoms with Crippen molar-refractivity contribution in [2.24, 2.45) is 5.41 Å². The molecule has 1 aliphatic heterocycles. The lowest BCUT2D eigenvalue weighted by Gasteiger charge is -2.21. The summed E-state index contributed by atoms with van der Waals surface area (Å²) >= 11 is 0. The minimum Gasteiger partial charge on any atom is -0.379 e. The Kier molecular flexibility index (Phi) is 2.57. The maximum absolute atomic E-state index is 5.59. The lowest BCUT2D eigenvalue weighted by atomic mass is 10.1. The highest BCUT2D eigenvalue weighted by atomic mass is 16.5. The summed E-state index contributed by atoms with van der Waals surface area (Å²) < 4.78 is 5.59. The van der Waals surface area contributed by atoms with E-state index >= 15 is 0 Å². The van der Waals surface area contributed by atoms with Crippen LogP contribution in [0.1, 0.15) is 19.3 Å². The lowest BCUT2D eigenvalue weighted by Crippen LogP contribution is -2.31. The Balaban J connectivity index is 1.85. The highest BCUT2D eigenvalue weighted by Gasteiger charge is 2.44. The first kappa shape index (κ1) is 9.05. The summed E-state index contributed by atoms with van der Waals surface area (Å²) in [5.74, 6) is 2.70. The quantitative estimate of drug-likeness (QED) is 0.589. The molecule has 2 heteroatoms. The molecule has 1 spiro atoms. The van der Waals surface area contributed by atoms with E-state index in [9.17, 15) is 0 Å². The van der Waals surface area contributed by atoms with Gasteiger partial charge in [-0.2, -0.15) is 0 Å². The molecule has 0 aromatic heterocycles. The van der Waals surface area contributed by atoms with Crippen molar-refractivity contribution in [1.29, 1.82) is 0 Å². The summed E-state index contributed by atoms with van der Waals surface area (Å²) in [6, 6.07) is 0. The Morgan fingerprint density at radius 1 is 1.46 bits per heavy atom. The van der Waals surface area contributed by atoms with E-state index in [0.29, 0.717) is 5.41 Å². The largest absolute Gasteiger partial charge is 0.379 e. The van der Waals surface area contributed by atoms with E-state index in [0.717, 1.165) is 32.7 Å². The normalized spacial score (nSPS) is 26.7. The molecular formula is C11H17NO. The Morgan fingerprint density at radius 3 is 3.00 bits per heavy atom. The molecule has 0 unspecified atom stereocenters. The fourth-order valence-electron chi connectivity index (χ4n) is 1.97. The maximum Gasteiger partial charge on any atom is 0.0593 e. The van der Waals surface area contributed by atoms with Crippen molar-refractivity contribution in [3.63, 3.8) is 0 Å². The number of hydrogen-bond donors (Lipinski definition) is 0. The first-order valence-corrected chi connectivity index (χ1v) is 5.08. The van der Waals surface area contributed by atoms with Crippen LogP contribution in [-0.2, 0) is 4.74 Å². The van der Waals surface area contributed by atoms with E-state index in [4.69, 9.17) is 11.2 Å². The average molecular weight is 179 g/mol. The Labute approximate surface area is 80.2 Å². The number of hydrogen-bond acceptors (Lipinski definition) is 2. The van der Waals surface area contributed by atoms with E-state index in [2.05, 4.69) is 10.8 Å². The second-order valence-corrected chi connectivity index (χ2v) is 4.28. The van der Waals surface area contributed by atoms with Crippen molar-refractivity contribution in [3.05, 3.63) is 0 Å². The minimum atomic E-state index is 0.519. The molecule has 2 fully saturated rings. The van der Waals surface area contributed by atoms with Crippen LogP contribution in [0.3, 0.4) is 0 Å². The first-order valence-electron chi connectivity index (χ1n) is 5.08. The van der Waals surface area contributed by atoms with Crippen molar-refractivity contribution in [3.8, 4) is 12.3 Å². The predicted octanol–water partition coefficient (Wildman–Crippen LogP) is 1.12. The predicted molar refractivity (Wildman–Crippen MR) is 52.4 cm³/mol. The van der Waals surface area contributed by atoms with Gasteiger partial charge in [0.1, 0.15) is 0 Å². The van der Waals surface area contributed by atoms with Crippen LogP contribution >= 0.6 is 0 Å². The molecule has 1 saturated heterocycles. The second-order valence-electron chi connectivity index (χ2n) is 4.28. The monoisotopic (exact) mass is 179 g/mol. The molecule has 0 radical (unpaired) electrons. The van der Waals surface area contributed by atoms with Gasteiger partial charge in [-0.1, -0.05) is 0 Å². The summed E-state index contributed by atoms with van der Waals surface area (Å²) in [6.45, 7) is 5.16. The zero-order valence-corrected chi connectivity index (χ0v) is 8.09. The SMILES string of the molecule is C#CCCN1CCOCC2(CC2)C1. The van der Waals surface area contributed by atoms with Crippen LogP contribution in [0.4, 0.5) is 0 Å². The highest BCUT2D eigenvalue weighted by molar-refractivity contribution is 4.97.